The normalized spacial score (nSPS) is 11.8. The molecule has 0 saturated heterocycles. The second-order valence-electron chi connectivity index (χ2n) is 8.26. The van der Waals surface area contributed by atoms with Crippen LogP contribution in [0.5, 0.6) is 0 Å². The van der Waals surface area contributed by atoms with E-state index in [2.05, 4.69) is 27.5 Å². The van der Waals surface area contributed by atoms with Crippen molar-refractivity contribution < 1.29 is 9.59 Å². The third-order valence-corrected chi connectivity index (χ3v) is 5.90. The minimum Gasteiger partial charge on any atom is -0.345 e. The molecule has 2 aromatic carbocycles. The highest BCUT2D eigenvalue weighted by Gasteiger charge is 2.28. The SMILES string of the molecule is CCC#CCNC(=O)CCCCC(=O)N1Cc2ccccc2-c2nnn(C)c2-c2ccccc21. The molecule has 0 fully saturated rings. The molecule has 0 radical (unpaired) electrons. The number of nitrogens with zero attached hydrogens (tertiary/aromatic N) is 4. The van der Waals surface area contributed by atoms with Gasteiger partial charge in [0.2, 0.25) is 11.8 Å². The molecule has 1 N–H and O–H groups in total. The number of hydrogen-bond acceptors (Lipinski definition) is 4. The summed E-state index contributed by atoms with van der Waals surface area (Å²) in [4.78, 5) is 27.3. The fraction of sp³-hybridized carbons (Fsp3) is 0.333. The van der Waals surface area contributed by atoms with Gasteiger partial charge >= 0.3 is 0 Å². The van der Waals surface area contributed by atoms with Gasteiger partial charge < -0.3 is 10.2 Å². The standard InChI is InChI=1S/C27H29N5O2/c1-3-4-11-18-28-24(33)16-9-10-17-25(34)32-19-20-12-5-6-13-21(20)26-27(31(2)30-29-26)22-14-7-8-15-23(22)32/h5-8,12-15H,3,9-10,16-19H2,1-2H3,(H,28,33). The van der Waals surface area contributed by atoms with Crippen molar-refractivity contribution in [3.05, 3.63) is 54.1 Å². The van der Waals surface area contributed by atoms with Gasteiger partial charge in [-0.15, -0.1) is 11.0 Å². The lowest BCUT2D eigenvalue weighted by atomic mass is 9.95. The van der Waals surface area contributed by atoms with Crippen LogP contribution in [0, 0.1) is 11.8 Å². The van der Waals surface area contributed by atoms with Gasteiger partial charge in [-0.3, -0.25) is 9.59 Å². The summed E-state index contributed by atoms with van der Waals surface area (Å²) in [6.45, 7) is 2.81. The Kier molecular flexibility index (Phi) is 7.38. The fourth-order valence-electron chi connectivity index (χ4n) is 4.23. The summed E-state index contributed by atoms with van der Waals surface area (Å²) in [5.74, 6) is 5.84. The number of amides is 2. The Morgan fingerprint density at radius 1 is 1.00 bits per heavy atom. The van der Waals surface area contributed by atoms with E-state index < -0.39 is 0 Å². The molecule has 7 nitrogen and oxygen atoms in total. The van der Waals surface area contributed by atoms with Crippen LogP contribution in [0.15, 0.2) is 48.5 Å². The van der Waals surface area contributed by atoms with Crippen LogP contribution in [0.1, 0.15) is 44.6 Å². The second-order valence-corrected chi connectivity index (χ2v) is 8.26. The predicted octanol–water partition coefficient (Wildman–Crippen LogP) is 4.09. The van der Waals surface area contributed by atoms with Gasteiger partial charge in [-0.2, -0.15) is 0 Å². The predicted molar refractivity (Wildman–Crippen MR) is 133 cm³/mol. The molecular weight excluding hydrogens is 426 g/mol. The quantitative estimate of drug-likeness (QED) is 0.449. The van der Waals surface area contributed by atoms with E-state index in [1.165, 1.54) is 0 Å². The van der Waals surface area contributed by atoms with Gasteiger partial charge in [-0.1, -0.05) is 60.5 Å². The van der Waals surface area contributed by atoms with E-state index in [0.717, 1.165) is 40.2 Å². The molecule has 34 heavy (non-hydrogen) atoms. The van der Waals surface area contributed by atoms with Crippen LogP contribution in [-0.4, -0.2) is 33.4 Å². The molecule has 0 bridgehead atoms. The lowest BCUT2D eigenvalue weighted by Gasteiger charge is -2.28. The molecule has 0 aliphatic carbocycles. The summed E-state index contributed by atoms with van der Waals surface area (Å²) in [6, 6.07) is 15.9. The number of carbonyl (C=O) groups is 2. The molecule has 0 spiro atoms. The van der Waals surface area contributed by atoms with Gasteiger partial charge in [0.25, 0.3) is 0 Å². The number of anilines is 1. The van der Waals surface area contributed by atoms with Crippen LogP contribution in [0.25, 0.3) is 22.5 Å². The zero-order valence-corrected chi connectivity index (χ0v) is 19.7. The first-order valence-corrected chi connectivity index (χ1v) is 11.7. The minimum absolute atomic E-state index is 0.0281. The maximum absolute atomic E-state index is 13.4. The molecule has 0 unspecified atom stereocenters. The molecule has 1 aliphatic rings. The number of nitrogens with one attached hydrogen (secondary N) is 1. The Labute approximate surface area is 200 Å². The van der Waals surface area contributed by atoms with Crippen LogP contribution in [0.2, 0.25) is 0 Å². The van der Waals surface area contributed by atoms with Gasteiger partial charge in [0, 0.05) is 37.4 Å². The Balaban J connectivity index is 1.52. The van der Waals surface area contributed by atoms with Crippen molar-refractivity contribution in [2.75, 3.05) is 11.4 Å². The number of carbonyl (C=O) groups excluding carboxylic acids is 2. The van der Waals surface area contributed by atoms with E-state index in [4.69, 9.17) is 0 Å². The lowest BCUT2D eigenvalue weighted by Crippen LogP contribution is -2.31. The van der Waals surface area contributed by atoms with E-state index in [1.54, 1.807) is 4.68 Å². The third kappa shape index (κ3) is 5.01. The molecule has 1 aliphatic heterocycles. The van der Waals surface area contributed by atoms with Gasteiger partial charge in [0.05, 0.1) is 24.5 Å². The van der Waals surface area contributed by atoms with Crippen molar-refractivity contribution in [2.24, 2.45) is 7.05 Å². The zero-order chi connectivity index (χ0) is 23.9. The molecule has 2 heterocycles. The number of unbranched alkanes of at least 4 members (excludes halogenated alkanes) is 1. The smallest absolute Gasteiger partial charge is 0.227 e. The fourth-order valence-corrected chi connectivity index (χ4v) is 4.23. The summed E-state index contributed by atoms with van der Waals surface area (Å²) in [5, 5.41) is 11.5. The van der Waals surface area contributed by atoms with Crippen LogP contribution < -0.4 is 10.2 Å². The molecule has 2 amide bonds. The Hall–Kier alpha value is -3.92. The van der Waals surface area contributed by atoms with Crippen LogP contribution in [0.4, 0.5) is 5.69 Å². The van der Waals surface area contributed by atoms with Crippen molar-refractivity contribution in [3.63, 3.8) is 0 Å². The summed E-state index contributed by atoms with van der Waals surface area (Å²) >= 11 is 0. The number of aryl methyl sites for hydroxylation is 1. The summed E-state index contributed by atoms with van der Waals surface area (Å²) in [6.07, 6.45) is 2.84. The van der Waals surface area contributed by atoms with Crippen LogP contribution >= 0.6 is 0 Å². The van der Waals surface area contributed by atoms with Crippen molar-refractivity contribution in [2.45, 2.75) is 45.6 Å². The van der Waals surface area contributed by atoms with Crippen molar-refractivity contribution >= 4 is 17.5 Å². The number of benzene rings is 2. The maximum Gasteiger partial charge on any atom is 0.227 e. The largest absolute Gasteiger partial charge is 0.345 e. The molecule has 1 aromatic heterocycles. The van der Waals surface area contributed by atoms with E-state index in [9.17, 15) is 9.59 Å². The first kappa shape index (κ1) is 23.2. The van der Waals surface area contributed by atoms with E-state index >= 15 is 0 Å². The zero-order valence-electron chi connectivity index (χ0n) is 19.7. The number of fused-ring (bicyclic) bond motifs is 5. The Morgan fingerprint density at radius 3 is 2.56 bits per heavy atom. The van der Waals surface area contributed by atoms with Crippen molar-refractivity contribution in [1.29, 1.82) is 0 Å². The molecule has 4 rings (SSSR count). The summed E-state index contributed by atoms with van der Waals surface area (Å²) < 4.78 is 1.77. The number of rotatable bonds is 6. The highest BCUT2D eigenvalue weighted by Crippen LogP contribution is 2.40. The minimum atomic E-state index is -0.0281. The van der Waals surface area contributed by atoms with Gasteiger partial charge in [-0.25, -0.2) is 4.68 Å². The topological polar surface area (TPSA) is 80.1 Å². The molecule has 3 aromatic rings. The highest BCUT2D eigenvalue weighted by atomic mass is 16.2. The molecular formula is C27H29N5O2. The number of para-hydroxylation sites is 1. The van der Waals surface area contributed by atoms with Gasteiger partial charge in [-0.05, 0) is 24.5 Å². The van der Waals surface area contributed by atoms with E-state index in [-0.39, 0.29) is 11.8 Å². The molecule has 0 atom stereocenters. The number of hydrogen-bond donors (Lipinski definition) is 1. The van der Waals surface area contributed by atoms with Crippen molar-refractivity contribution in [3.8, 4) is 34.4 Å². The Bertz CT molecular complexity index is 1250. The lowest BCUT2D eigenvalue weighted by molar-refractivity contribution is -0.122. The second kappa shape index (κ2) is 10.8. The first-order chi connectivity index (χ1) is 16.6. The van der Waals surface area contributed by atoms with Crippen LogP contribution in [0.3, 0.4) is 0 Å². The summed E-state index contributed by atoms with van der Waals surface area (Å²) in [5.41, 5.74) is 5.51. The van der Waals surface area contributed by atoms with E-state index in [0.29, 0.717) is 38.8 Å². The number of aromatic nitrogens is 3. The Morgan fingerprint density at radius 2 is 1.74 bits per heavy atom. The molecule has 0 saturated carbocycles. The van der Waals surface area contributed by atoms with Gasteiger partial charge in [0.1, 0.15) is 5.69 Å². The van der Waals surface area contributed by atoms with Crippen LogP contribution in [-0.2, 0) is 23.2 Å². The van der Waals surface area contributed by atoms with Crippen molar-refractivity contribution in [1.82, 2.24) is 20.3 Å². The maximum atomic E-state index is 13.4. The summed E-state index contributed by atoms with van der Waals surface area (Å²) in [7, 11) is 1.87. The third-order valence-electron chi connectivity index (χ3n) is 5.90. The molecule has 174 valence electrons. The average molecular weight is 456 g/mol. The van der Waals surface area contributed by atoms with E-state index in [1.807, 2.05) is 67.4 Å². The first-order valence-electron chi connectivity index (χ1n) is 11.7. The highest BCUT2D eigenvalue weighted by molar-refractivity contribution is 6.00. The average Bonchev–Trinajstić information content (AvgIpc) is 3.22. The van der Waals surface area contributed by atoms with Gasteiger partial charge in [0.15, 0.2) is 0 Å². The molecule has 7 heteroatoms. The monoisotopic (exact) mass is 455 g/mol.